The first-order valence-electron chi connectivity index (χ1n) is 8.51. The highest BCUT2D eigenvalue weighted by atomic mass is 28.4. The molecule has 2 N–H and O–H groups in total. The lowest BCUT2D eigenvalue weighted by atomic mass is 10.5. The lowest BCUT2D eigenvalue weighted by Gasteiger charge is -2.41. The van der Waals surface area contributed by atoms with Gasteiger partial charge in [-0.3, -0.25) is 0 Å². The molecule has 2 unspecified atom stereocenters. The lowest BCUT2D eigenvalue weighted by Crippen LogP contribution is -2.53. The van der Waals surface area contributed by atoms with Gasteiger partial charge in [-0.25, -0.2) is 0 Å². The minimum atomic E-state index is -2.06. The van der Waals surface area contributed by atoms with Gasteiger partial charge in [0.1, 0.15) is 0 Å². The van der Waals surface area contributed by atoms with E-state index in [4.69, 9.17) is 14.6 Å². The molecule has 0 spiro atoms. The van der Waals surface area contributed by atoms with E-state index in [-0.39, 0.29) is 0 Å². The lowest BCUT2D eigenvalue weighted by molar-refractivity contribution is 0.159. The van der Waals surface area contributed by atoms with Crippen molar-refractivity contribution < 1.29 is 8.85 Å². The number of hydrogen-bond donors (Lipinski definition) is 1. The average molecular weight is 320 g/mol. The first kappa shape index (κ1) is 20.3. The summed E-state index contributed by atoms with van der Waals surface area (Å²) in [5, 5.41) is 0. The average Bonchev–Trinajstić information content (AvgIpc) is 2.47. The van der Waals surface area contributed by atoms with Gasteiger partial charge < -0.3 is 14.6 Å². The Kier molecular flexibility index (Phi) is 10.3. The zero-order chi connectivity index (χ0) is 15.6. The van der Waals surface area contributed by atoms with E-state index in [0.717, 1.165) is 31.7 Å². The van der Waals surface area contributed by atoms with Crippen molar-refractivity contribution in [2.45, 2.75) is 83.9 Å². The minimum Gasteiger partial charge on any atom is -0.395 e. The molecule has 0 radical (unpaired) electrons. The highest BCUT2D eigenvalue weighted by molar-refractivity contribution is 6.81. The second-order valence-electron chi connectivity index (χ2n) is 5.77. The molecule has 0 amide bonds. The van der Waals surface area contributed by atoms with Crippen LogP contribution in [-0.4, -0.2) is 35.5 Å². The van der Waals surface area contributed by atoms with Crippen molar-refractivity contribution in [2.75, 3.05) is 13.2 Å². The van der Waals surface area contributed by atoms with Crippen LogP contribution in [0.3, 0.4) is 0 Å². The number of nitrogens with two attached hydrogens (primary N) is 1. The molecule has 5 heteroatoms. The molecule has 122 valence electrons. The molecule has 3 nitrogen and oxygen atoms in total. The molecule has 0 aliphatic rings. The third kappa shape index (κ3) is 5.26. The molecule has 0 saturated carbocycles. The Balaban J connectivity index is 5.02. The van der Waals surface area contributed by atoms with Crippen LogP contribution in [-0.2, 0) is 8.85 Å². The number of hydrogen-bond acceptors (Lipinski definition) is 3. The first-order valence-corrected chi connectivity index (χ1v) is 13.4. The van der Waals surface area contributed by atoms with Crippen LogP contribution in [0.1, 0.15) is 48.0 Å². The van der Waals surface area contributed by atoms with Gasteiger partial charge in [0.05, 0.1) is 8.07 Å². The predicted octanol–water partition coefficient (Wildman–Crippen LogP) is 4.29. The van der Waals surface area contributed by atoms with Crippen molar-refractivity contribution in [3.05, 3.63) is 0 Å². The van der Waals surface area contributed by atoms with Crippen molar-refractivity contribution >= 4 is 16.6 Å². The third-order valence-electron chi connectivity index (χ3n) is 5.07. The molecule has 0 bridgehead atoms. The van der Waals surface area contributed by atoms with E-state index >= 15 is 0 Å². The Labute approximate surface area is 128 Å². The molecule has 0 heterocycles. The molecule has 0 saturated heterocycles. The van der Waals surface area contributed by atoms with E-state index in [1.165, 1.54) is 18.1 Å². The SMILES string of the molecule is CCO[Si](CC)(CCCN)OC(C)[Si](CC)(CC)CC. The molecular weight excluding hydrogens is 282 g/mol. The van der Waals surface area contributed by atoms with Crippen molar-refractivity contribution in [1.29, 1.82) is 0 Å². The summed E-state index contributed by atoms with van der Waals surface area (Å²) in [6, 6.07) is 5.99. The Morgan fingerprint density at radius 1 is 0.950 bits per heavy atom. The maximum Gasteiger partial charge on any atom is 0.337 e. The van der Waals surface area contributed by atoms with Gasteiger partial charge >= 0.3 is 8.56 Å². The molecule has 0 aliphatic carbocycles. The van der Waals surface area contributed by atoms with Crippen LogP contribution in [0.15, 0.2) is 0 Å². The fourth-order valence-corrected chi connectivity index (χ4v) is 11.1. The van der Waals surface area contributed by atoms with Crippen LogP contribution in [0, 0.1) is 0 Å². The monoisotopic (exact) mass is 319 g/mol. The molecule has 0 aromatic carbocycles. The van der Waals surface area contributed by atoms with E-state index in [1.54, 1.807) is 0 Å². The van der Waals surface area contributed by atoms with Crippen LogP contribution in [0.4, 0.5) is 0 Å². The number of rotatable bonds is 12. The zero-order valence-electron chi connectivity index (χ0n) is 14.6. The molecule has 0 aromatic rings. The van der Waals surface area contributed by atoms with E-state index in [2.05, 4.69) is 41.5 Å². The topological polar surface area (TPSA) is 44.5 Å². The van der Waals surface area contributed by atoms with Crippen LogP contribution >= 0.6 is 0 Å². The smallest absolute Gasteiger partial charge is 0.337 e. The second kappa shape index (κ2) is 10.1. The van der Waals surface area contributed by atoms with Crippen molar-refractivity contribution in [1.82, 2.24) is 0 Å². The maximum absolute atomic E-state index is 6.69. The molecule has 20 heavy (non-hydrogen) atoms. The fourth-order valence-electron chi connectivity index (χ4n) is 3.22. The Morgan fingerprint density at radius 3 is 1.85 bits per heavy atom. The standard InChI is InChI=1S/C15H37NO2Si2/c1-7-17-20(11-5,14-12-13-16)18-15(6)19(8-2,9-3)10-4/h15H,7-14,16H2,1-6H3. The van der Waals surface area contributed by atoms with Gasteiger partial charge in [0.2, 0.25) is 0 Å². The highest BCUT2D eigenvalue weighted by Crippen LogP contribution is 2.31. The summed E-state index contributed by atoms with van der Waals surface area (Å²) in [7, 11) is -3.37. The largest absolute Gasteiger partial charge is 0.395 e. The third-order valence-corrected chi connectivity index (χ3v) is 15.2. The highest BCUT2D eigenvalue weighted by Gasteiger charge is 2.42. The summed E-state index contributed by atoms with van der Waals surface area (Å²) in [5.74, 6) is 0. The quantitative estimate of drug-likeness (QED) is 0.546. The summed E-state index contributed by atoms with van der Waals surface area (Å²) >= 11 is 0. The van der Waals surface area contributed by atoms with E-state index in [1.807, 2.05) is 0 Å². The normalized spacial score (nSPS) is 16.9. The molecular formula is C15H37NO2Si2. The van der Waals surface area contributed by atoms with Crippen LogP contribution in [0.2, 0.25) is 30.2 Å². The molecule has 0 rings (SSSR count). The fraction of sp³-hybridized carbons (Fsp3) is 1.00. The van der Waals surface area contributed by atoms with Gasteiger partial charge in [-0.2, -0.15) is 0 Å². The van der Waals surface area contributed by atoms with Crippen LogP contribution < -0.4 is 5.73 Å². The predicted molar refractivity (Wildman–Crippen MR) is 94.1 cm³/mol. The Morgan fingerprint density at radius 2 is 1.50 bits per heavy atom. The van der Waals surface area contributed by atoms with Crippen molar-refractivity contribution in [3.8, 4) is 0 Å². The molecule has 0 fully saturated rings. The molecule has 0 aromatic heterocycles. The van der Waals surface area contributed by atoms with E-state index in [9.17, 15) is 0 Å². The first-order chi connectivity index (χ1) is 9.49. The Bertz CT molecular complexity index is 242. The van der Waals surface area contributed by atoms with Gasteiger partial charge in [-0.05, 0) is 38.9 Å². The van der Waals surface area contributed by atoms with Gasteiger partial charge in [0.15, 0.2) is 0 Å². The Hall–Kier alpha value is 0.314. The zero-order valence-corrected chi connectivity index (χ0v) is 16.6. The second-order valence-corrected chi connectivity index (χ2v) is 15.0. The van der Waals surface area contributed by atoms with Gasteiger partial charge in [-0.1, -0.05) is 45.8 Å². The minimum absolute atomic E-state index is 0.401. The van der Waals surface area contributed by atoms with Gasteiger partial charge in [0, 0.05) is 12.3 Å². The summed E-state index contributed by atoms with van der Waals surface area (Å²) < 4.78 is 12.9. The molecule has 2 atom stereocenters. The van der Waals surface area contributed by atoms with Crippen LogP contribution in [0.5, 0.6) is 0 Å². The summed E-state index contributed by atoms with van der Waals surface area (Å²) in [6.07, 6.45) is 1.02. The van der Waals surface area contributed by atoms with E-state index in [0.29, 0.717) is 5.73 Å². The van der Waals surface area contributed by atoms with Crippen molar-refractivity contribution in [3.63, 3.8) is 0 Å². The van der Waals surface area contributed by atoms with Crippen LogP contribution in [0.25, 0.3) is 0 Å². The van der Waals surface area contributed by atoms with Crippen molar-refractivity contribution in [2.24, 2.45) is 5.73 Å². The van der Waals surface area contributed by atoms with Gasteiger partial charge in [-0.15, -0.1) is 0 Å². The summed E-state index contributed by atoms with van der Waals surface area (Å²) in [4.78, 5) is 0. The van der Waals surface area contributed by atoms with E-state index < -0.39 is 16.6 Å². The summed E-state index contributed by atoms with van der Waals surface area (Å²) in [6.45, 7) is 15.1. The van der Waals surface area contributed by atoms with Gasteiger partial charge in [0.25, 0.3) is 0 Å². The summed E-state index contributed by atoms with van der Waals surface area (Å²) in [5.41, 5.74) is 6.10. The molecule has 0 aliphatic heterocycles. The maximum atomic E-state index is 6.69.